The molecule has 1 unspecified atom stereocenters. The van der Waals surface area contributed by atoms with Crippen molar-refractivity contribution in [2.45, 2.75) is 5.44 Å². The van der Waals surface area contributed by atoms with Gasteiger partial charge in [0, 0.05) is 0 Å². The second-order valence-electron chi connectivity index (χ2n) is 3.26. The topological polar surface area (TPSA) is 61.8 Å². The van der Waals surface area contributed by atoms with Gasteiger partial charge < -0.3 is 13.7 Å². The molecule has 6 heteroatoms. The molecular formula is C10H12O5S. The fraction of sp³-hybridized carbons (Fsp3) is 0.400. The highest BCUT2D eigenvalue weighted by molar-refractivity contribution is 7.87. The summed E-state index contributed by atoms with van der Waals surface area (Å²) < 4.78 is 38.5. The molecule has 88 valence electrons. The molecule has 0 N–H and O–H groups in total. The molecule has 0 saturated carbocycles. The zero-order chi connectivity index (χ0) is 11.4. The van der Waals surface area contributed by atoms with Crippen LogP contribution in [0.4, 0.5) is 0 Å². The summed E-state index contributed by atoms with van der Waals surface area (Å²) in [5, 5.41) is 0. The minimum absolute atomic E-state index is 0.00909. The molecule has 0 amide bonds. The van der Waals surface area contributed by atoms with Crippen molar-refractivity contribution >= 4 is 10.1 Å². The van der Waals surface area contributed by atoms with E-state index in [4.69, 9.17) is 13.7 Å². The summed E-state index contributed by atoms with van der Waals surface area (Å²) in [4.78, 5) is 0. The van der Waals surface area contributed by atoms with Crippen molar-refractivity contribution in [1.29, 1.82) is 0 Å². The molecule has 16 heavy (non-hydrogen) atoms. The molecule has 1 atom stereocenters. The first-order valence-electron chi connectivity index (χ1n) is 4.86. The lowest BCUT2D eigenvalue weighted by atomic mass is 10.3. The zero-order valence-corrected chi connectivity index (χ0v) is 9.35. The van der Waals surface area contributed by atoms with E-state index in [1.54, 1.807) is 30.3 Å². The highest BCUT2D eigenvalue weighted by Gasteiger charge is 2.31. The molecular weight excluding hydrogens is 232 g/mol. The lowest BCUT2D eigenvalue weighted by molar-refractivity contribution is -0.0559. The van der Waals surface area contributed by atoms with E-state index in [1.807, 2.05) is 0 Å². The van der Waals surface area contributed by atoms with E-state index in [-0.39, 0.29) is 19.0 Å². The van der Waals surface area contributed by atoms with Crippen LogP contribution >= 0.6 is 0 Å². The predicted molar refractivity (Wildman–Crippen MR) is 56.5 cm³/mol. The van der Waals surface area contributed by atoms with Crippen LogP contribution in [0.25, 0.3) is 0 Å². The summed E-state index contributed by atoms with van der Waals surface area (Å²) in [6, 6.07) is 8.31. The van der Waals surface area contributed by atoms with Crippen molar-refractivity contribution < 1.29 is 22.1 Å². The second-order valence-corrected chi connectivity index (χ2v) is 4.94. The third-order valence-electron chi connectivity index (χ3n) is 2.06. The van der Waals surface area contributed by atoms with Crippen LogP contribution in [0.2, 0.25) is 0 Å². The standard InChI is InChI=1S/C10H12O5S/c11-16(12,10-8-13-6-7-14-10)15-9-4-2-1-3-5-9/h1-5,10H,6-8H2. The van der Waals surface area contributed by atoms with Gasteiger partial charge in [0.25, 0.3) is 0 Å². The average Bonchev–Trinajstić information content (AvgIpc) is 2.31. The van der Waals surface area contributed by atoms with Gasteiger partial charge in [-0.2, -0.15) is 8.42 Å². The molecule has 0 bridgehead atoms. The van der Waals surface area contributed by atoms with E-state index in [0.717, 1.165) is 0 Å². The van der Waals surface area contributed by atoms with E-state index in [1.165, 1.54) is 0 Å². The molecule has 1 aliphatic heterocycles. The van der Waals surface area contributed by atoms with E-state index < -0.39 is 15.6 Å². The largest absolute Gasteiger partial charge is 0.381 e. The minimum atomic E-state index is -3.78. The molecule has 5 nitrogen and oxygen atoms in total. The van der Waals surface area contributed by atoms with Gasteiger partial charge in [-0.3, -0.25) is 0 Å². The Morgan fingerprint density at radius 3 is 2.56 bits per heavy atom. The Morgan fingerprint density at radius 2 is 1.94 bits per heavy atom. The molecule has 1 aromatic rings. The fourth-order valence-corrected chi connectivity index (χ4v) is 2.31. The van der Waals surface area contributed by atoms with Gasteiger partial charge >= 0.3 is 10.1 Å². The maximum Gasteiger partial charge on any atom is 0.339 e. The molecule has 1 fully saturated rings. The normalized spacial score (nSPS) is 21.6. The Morgan fingerprint density at radius 1 is 1.19 bits per heavy atom. The summed E-state index contributed by atoms with van der Waals surface area (Å²) >= 11 is 0. The monoisotopic (exact) mass is 244 g/mol. The molecule has 1 aromatic carbocycles. The molecule has 0 aromatic heterocycles. The van der Waals surface area contributed by atoms with Crippen LogP contribution in [0.15, 0.2) is 30.3 Å². The van der Waals surface area contributed by atoms with Gasteiger partial charge in [-0.1, -0.05) is 18.2 Å². The van der Waals surface area contributed by atoms with Crippen LogP contribution in [-0.2, 0) is 19.6 Å². The highest BCUT2D eigenvalue weighted by atomic mass is 32.2. The number of hydrogen-bond donors (Lipinski definition) is 0. The highest BCUT2D eigenvalue weighted by Crippen LogP contribution is 2.16. The Hall–Kier alpha value is -1.11. The molecule has 1 aliphatic rings. The van der Waals surface area contributed by atoms with Gasteiger partial charge in [-0.05, 0) is 12.1 Å². The number of ether oxygens (including phenoxy) is 2. The van der Waals surface area contributed by atoms with E-state index in [2.05, 4.69) is 0 Å². The first kappa shape index (κ1) is 11.4. The maximum atomic E-state index is 11.7. The third-order valence-corrected chi connectivity index (χ3v) is 3.40. The summed E-state index contributed by atoms with van der Waals surface area (Å²) in [5.41, 5.74) is -1.04. The van der Waals surface area contributed by atoms with Crippen molar-refractivity contribution in [1.82, 2.24) is 0 Å². The Balaban J connectivity index is 2.08. The minimum Gasteiger partial charge on any atom is -0.381 e. The SMILES string of the molecule is O=S(=O)(Oc1ccccc1)C1COCCO1. The number of hydrogen-bond acceptors (Lipinski definition) is 5. The lowest BCUT2D eigenvalue weighted by Gasteiger charge is -2.22. The van der Waals surface area contributed by atoms with Crippen LogP contribution in [0, 0.1) is 0 Å². The number of para-hydroxylation sites is 1. The smallest absolute Gasteiger partial charge is 0.339 e. The zero-order valence-electron chi connectivity index (χ0n) is 8.53. The van der Waals surface area contributed by atoms with E-state index in [0.29, 0.717) is 6.61 Å². The molecule has 1 saturated heterocycles. The lowest BCUT2D eigenvalue weighted by Crippen LogP contribution is -2.37. The van der Waals surface area contributed by atoms with Crippen LogP contribution < -0.4 is 4.18 Å². The predicted octanol–water partition coefficient (Wildman–Crippen LogP) is 0.768. The summed E-state index contributed by atoms with van der Waals surface area (Å²) in [6.45, 7) is 0.689. The van der Waals surface area contributed by atoms with E-state index in [9.17, 15) is 8.42 Å². The number of benzene rings is 1. The van der Waals surface area contributed by atoms with Crippen LogP contribution in [0.1, 0.15) is 0 Å². The van der Waals surface area contributed by atoms with Gasteiger partial charge in [0.1, 0.15) is 5.75 Å². The van der Waals surface area contributed by atoms with Crippen LogP contribution in [0.5, 0.6) is 5.75 Å². The average molecular weight is 244 g/mol. The molecule has 0 spiro atoms. The molecule has 1 heterocycles. The first-order chi connectivity index (χ1) is 7.68. The Kier molecular flexibility index (Phi) is 3.42. The quantitative estimate of drug-likeness (QED) is 0.735. The molecule has 2 rings (SSSR count). The number of rotatable bonds is 3. The van der Waals surface area contributed by atoms with Crippen molar-refractivity contribution in [2.75, 3.05) is 19.8 Å². The van der Waals surface area contributed by atoms with Crippen molar-refractivity contribution in [2.24, 2.45) is 0 Å². The molecule has 0 aliphatic carbocycles. The Labute approximate surface area is 94.1 Å². The van der Waals surface area contributed by atoms with E-state index >= 15 is 0 Å². The van der Waals surface area contributed by atoms with Gasteiger partial charge in [-0.25, -0.2) is 0 Å². The molecule has 0 radical (unpaired) electrons. The van der Waals surface area contributed by atoms with Gasteiger partial charge in [0.15, 0.2) is 0 Å². The summed E-state index contributed by atoms with van der Waals surface area (Å²) in [7, 11) is -3.78. The summed E-state index contributed by atoms with van der Waals surface area (Å²) in [6.07, 6.45) is 0. The summed E-state index contributed by atoms with van der Waals surface area (Å²) in [5.74, 6) is 0.275. The fourth-order valence-electron chi connectivity index (χ4n) is 1.30. The third kappa shape index (κ3) is 2.72. The second kappa shape index (κ2) is 4.82. The van der Waals surface area contributed by atoms with Crippen LogP contribution in [-0.4, -0.2) is 33.7 Å². The van der Waals surface area contributed by atoms with Crippen molar-refractivity contribution in [3.05, 3.63) is 30.3 Å². The van der Waals surface area contributed by atoms with Gasteiger partial charge in [0.2, 0.25) is 5.44 Å². The van der Waals surface area contributed by atoms with Crippen molar-refractivity contribution in [3.63, 3.8) is 0 Å². The van der Waals surface area contributed by atoms with Gasteiger partial charge in [-0.15, -0.1) is 0 Å². The first-order valence-corrected chi connectivity index (χ1v) is 6.33. The van der Waals surface area contributed by atoms with Crippen LogP contribution in [0.3, 0.4) is 0 Å². The maximum absolute atomic E-state index is 11.7. The Bertz CT molecular complexity index is 422. The van der Waals surface area contributed by atoms with Gasteiger partial charge in [0.05, 0.1) is 19.8 Å². The van der Waals surface area contributed by atoms with Crippen molar-refractivity contribution in [3.8, 4) is 5.75 Å².